The molecule has 0 spiro atoms. The van der Waals surface area contributed by atoms with Crippen LogP contribution in [0.4, 0.5) is 4.39 Å². The van der Waals surface area contributed by atoms with Crippen LogP contribution in [0.1, 0.15) is 16.8 Å². The second kappa shape index (κ2) is 6.12. The molecule has 0 atom stereocenters. The van der Waals surface area contributed by atoms with Gasteiger partial charge >= 0.3 is 0 Å². The van der Waals surface area contributed by atoms with Crippen LogP contribution >= 0.6 is 0 Å². The van der Waals surface area contributed by atoms with Crippen molar-refractivity contribution in [2.24, 2.45) is 7.05 Å². The van der Waals surface area contributed by atoms with Gasteiger partial charge in [-0.2, -0.15) is 10.4 Å². The normalized spacial score (nSPS) is 10.4. The molecular weight excluding hydrogens is 243 g/mol. The number of aryl methyl sites for hydroxylation is 1. The zero-order chi connectivity index (χ0) is 13.7. The van der Waals surface area contributed by atoms with Crippen molar-refractivity contribution in [3.63, 3.8) is 0 Å². The van der Waals surface area contributed by atoms with Gasteiger partial charge in [0.25, 0.3) is 0 Å². The molecule has 98 valence electrons. The van der Waals surface area contributed by atoms with Crippen molar-refractivity contribution in [1.29, 1.82) is 5.26 Å². The van der Waals surface area contributed by atoms with E-state index in [0.717, 1.165) is 18.7 Å². The van der Waals surface area contributed by atoms with Crippen molar-refractivity contribution in [3.8, 4) is 6.07 Å². The fraction of sp³-hybridized carbons (Fsp3) is 0.286. The summed E-state index contributed by atoms with van der Waals surface area (Å²) in [6, 6.07) is 8.23. The standard InChI is InChI=1S/C14H15FN4/c1-19-7-5-14(18-19)4-6-17-10-12-8-13(15)3-2-11(12)9-16/h2-3,5,7-8,17H,4,6,10H2,1H3. The molecule has 4 nitrogen and oxygen atoms in total. The lowest BCUT2D eigenvalue weighted by atomic mass is 10.1. The molecule has 0 aliphatic carbocycles. The summed E-state index contributed by atoms with van der Waals surface area (Å²) >= 11 is 0. The first-order valence-electron chi connectivity index (χ1n) is 6.07. The lowest BCUT2D eigenvalue weighted by Gasteiger charge is -2.06. The fourth-order valence-electron chi connectivity index (χ4n) is 1.85. The van der Waals surface area contributed by atoms with E-state index in [1.165, 1.54) is 18.2 Å². The third-order valence-corrected chi connectivity index (χ3v) is 2.83. The van der Waals surface area contributed by atoms with Gasteiger partial charge in [0.2, 0.25) is 0 Å². The number of hydrogen-bond donors (Lipinski definition) is 1. The van der Waals surface area contributed by atoms with Crippen LogP contribution in [0.3, 0.4) is 0 Å². The van der Waals surface area contributed by atoms with Crippen molar-refractivity contribution in [2.45, 2.75) is 13.0 Å². The number of benzene rings is 1. The average molecular weight is 258 g/mol. The zero-order valence-corrected chi connectivity index (χ0v) is 10.7. The van der Waals surface area contributed by atoms with E-state index in [0.29, 0.717) is 17.7 Å². The van der Waals surface area contributed by atoms with Crippen molar-refractivity contribution in [2.75, 3.05) is 6.54 Å². The van der Waals surface area contributed by atoms with Gasteiger partial charge in [-0.05, 0) is 29.8 Å². The SMILES string of the molecule is Cn1ccc(CCNCc2cc(F)ccc2C#N)n1. The van der Waals surface area contributed by atoms with Gasteiger partial charge in [0.1, 0.15) is 5.82 Å². The minimum absolute atomic E-state index is 0.319. The summed E-state index contributed by atoms with van der Waals surface area (Å²) in [6.07, 6.45) is 2.70. The first-order chi connectivity index (χ1) is 9.19. The maximum absolute atomic E-state index is 13.1. The Morgan fingerprint density at radius 2 is 2.26 bits per heavy atom. The molecule has 1 heterocycles. The first-order valence-corrected chi connectivity index (χ1v) is 6.07. The molecule has 2 aromatic rings. The molecular formula is C14H15FN4. The van der Waals surface area contributed by atoms with E-state index in [9.17, 15) is 4.39 Å². The molecule has 0 amide bonds. The molecule has 1 aromatic carbocycles. The summed E-state index contributed by atoms with van der Waals surface area (Å²) < 4.78 is 14.9. The lowest BCUT2D eigenvalue weighted by Crippen LogP contribution is -2.17. The number of halogens is 1. The van der Waals surface area contributed by atoms with E-state index in [1.807, 2.05) is 19.3 Å². The van der Waals surface area contributed by atoms with Gasteiger partial charge in [0.15, 0.2) is 0 Å². The van der Waals surface area contributed by atoms with E-state index in [1.54, 1.807) is 4.68 Å². The monoisotopic (exact) mass is 258 g/mol. The first kappa shape index (κ1) is 13.2. The molecule has 0 aliphatic heterocycles. The summed E-state index contributed by atoms with van der Waals surface area (Å²) in [6.45, 7) is 1.21. The Morgan fingerprint density at radius 1 is 1.42 bits per heavy atom. The average Bonchev–Trinajstić information content (AvgIpc) is 2.81. The molecule has 0 bridgehead atoms. The van der Waals surface area contributed by atoms with Gasteiger partial charge in [0, 0.05) is 32.8 Å². The van der Waals surface area contributed by atoms with Crippen LogP contribution in [-0.2, 0) is 20.0 Å². The highest BCUT2D eigenvalue weighted by molar-refractivity contribution is 5.37. The quantitative estimate of drug-likeness (QED) is 0.831. The van der Waals surface area contributed by atoms with Gasteiger partial charge in [-0.1, -0.05) is 0 Å². The molecule has 2 rings (SSSR count). The predicted octanol–water partition coefficient (Wildman–Crippen LogP) is 1.76. The number of nitrogens with zero attached hydrogens (tertiary/aromatic N) is 3. The summed E-state index contributed by atoms with van der Waals surface area (Å²) in [5, 5.41) is 16.4. The van der Waals surface area contributed by atoms with Crippen LogP contribution in [-0.4, -0.2) is 16.3 Å². The predicted molar refractivity (Wildman–Crippen MR) is 69.7 cm³/mol. The Balaban J connectivity index is 1.86. The number of nitriles is 1. The number of aromatic nitrogens is 2. The van der Waals surface area contributed by atoms with Crippen LogP contribution in [0.2, 0.25) is 0 Å². The highest BCUT2D eigenvalue weighted by Gasteiger charge is 2.03. The van der Waals surface area contributed by atoms with Crippen LogP contribution in [0, 0.1) is 17.1 Å². The van der Waals surface area contributed by atoms with Crippen molar-refractivity contribution >= 4 is 0 Å². The third kappa shape index (κ3) is 3.63. The number of rotatable bonds is 5. The second-order valence-corrected chi connectivity index (χ2v) is 4.32. The minimum Gasteiger partial charge on any atom is -0.312 e. The summed E-state index contributed by atoms with van der Waals surface area (Å²) in [5.41, 5.74) is 2.20. The highest BCUT2D eigenvalue weighted by Crippen LogP contribution is 2.10. The van der Waals surface area contributed by atoms with Gasteiger partial charge in [-0.15, -0.1) is 0 Å². The Labute approximate surface area is 111 Å². The van der Waals surface area contributed by atoms with E-state index >= 15 is 0 Å². The van der Waals surface area contributed by atoms with Crippen LogP contribution in [0.15, 0.2) is 30.5 Å². The van der Waals surface area contributed by atoms with Crippen molar-refractivity contribution in [1.82, 2.24) is 15.1 Å². The lowest BCUT2D eigenvalue weighted by molar-refractivity contribution is 0.618. The summed E-state index contributed by atoms with van der Waals surface area (Å²) in [7, 11) is 1.88. The van der Waals surface area contributed by atoms with Crippen molar-refractivity contribution in [3.05, 3.63) is 53.1 Å². The van der Waals surface area contributed by atoms with E-state index in [-0.39, 0.29) is 5.82 Å². The van der Waals surface area contributed by atoms with Crippen LogP contribution in [0.25, 0.3) is 0 Å². The van der Waals surface area contributed by atoms with Crippen LogP contribution < -0.4 is 5.32 Å². The molecule has 0 radical (unpaired) electrons. The molecule has 1 aromatic heterocycles. The van der Waals surface area contributed by atoms with Gasteiger partial charge in [-0.3, -0.25) is 4.68 Å². The molecule has 0 unspecified atom stereocenters. The summed E-state index contributed by atoms with van der Waals surface area (Å²) in [5.74, 6) is -0.319. The Hall–Kier alpha value is -2.19. The maximum atomic E-state index is 13.1. The Morgan fingerprint density at radius 3 is 2.95 bits per heavy atom. The highest BCUT2D eigenvalue weighted by atomic mass is 19.1. The second-order valence-electron chi connectivity index (χ2n) is 4.32. The largest absolute Gasteiger partial charge is 0.312 e. The Kier molecular flexibility index (Phi) is 4.26. The maximum Gasteiger partial charge on any atom is 0.123 e. The molecule has 0 aliphatic rings. The van der Waals surface area contributed by atoms with Gasteiger partial charge in [-0.25, -0.2) is 4.39 Å². The van der Waals surface area contributed by atoms with Crippen LogP contribution in [0.5, 0.6) is 0 Å². The molecule has 1 N–H and O–H groups in total. The smallest absolute Gasteiger partial charge is 0.123 e. The minimum atomic E-state index is -0.319. The molecule has 19 heavy (non-hydrogen) atoms. The zero-order valence-electron chi connectivity index (χ0n) is 10.7. The molecule has 5 heteroatoms. The van der Waals surface area contributed by atoms with Gasteiger partial charge in [0.05, 0.1) is 17.3 Å². The molecule has 0 saturated carbocycles. The summed E-state index contributed by atoms with van der Waals surface area (Å²) in [4.78, 5) is 0. The van der Waals surface area contributed by atoms with E-state index < -0.39 is 0 Å². The Bertz CT molecular complexity index is 598. The topological polar surface area (TPSA) is 53.6 Å². The number of nitrogens with one attached hydrogen (secondary N) is 1. The molecule has 0 saturated heterocycles. The van der Waals surface area contributed by atoms with Gasteiger partial charge < -0.3 is 5.32 Å². The fourth-order valence-corrected chi connectivity index (χ4v) is 1.85. The third-order valence-electron chi connectivity index (χ3n) is 2.83. The van der Waals surface area contributed by atoms with E-state index in [2.05, 4.69) is 16.5 Å². The molecule has 0 fully saturated rings. The number of hydrogen-bond acceptors (Lipinski definition) is 3. The van der Waals surface area contributed by atoms with E-state index in [4.69, 9.17) is 5.26 Å². The van der Waals surface area contributed by atoms with Crippen molar-refractivity contribution < 1.29 is 4.39 Å².